The van der Waals surface area contributed by atoms with Crippen LogP contribution in [0.3, 0.4) is 0 Å². The summed E-state index contributed by atoms with van der Waals surface area (Å²) >= 11 is 0. The van der Waals surface area contributed by atoms with Crippen molar-refractivity contribution in [3.05, 3.63) is 16.3 Å². The van der Waals surface area contributed by atoms with Crippen LogP contribution in [0.25, 0.3) is 0 Å². The summed E-state index contributed by atoms with van der Waals surface area (Å²) in [5, 5.41) is 17.1. The van der Waals surface area contributed by atoms with Crippen LogP contribution in [0.2, 0.25) is 0 Å². The maximum Gasteiger partial charge on any atom is 0.330 e. The number of hydrogen-bond acceptors (Lipinski definition) is 4. The third kappa shape index (κ3) is 1.52. The second kappa shape index (κ2) is 3.21. The molecule has 0 atom stereocenters. The molecular weight excluding hydrogens is 160 g/mol. The molecule has 0 aliphatic rings. The molecule has 0 fully saturated rings. The molecule has 1 N–H and O–H groups in total. The van der Waals surface area contributed by atoms with Gasteiger partial charge in [0.1, 0.15) is 6.20 Å². The van der Waals surface area contributed by atoms with Crippen LogP contribution in [-0.4, -0.2) is 21.2 Å². The zero-order valence-electron chi connectivity index (χ0n) is 6.94. The van der Waals surface area contributed by atoms with Crippen molar-refractivity contribution in [1.29, 1.82) is 0 Å². The van der Waals surface area contributed by atoms with Gasteiger partial charge in [-0.05, 0) is 6.92 Å². The molecule has 0 radical (unpaired) electrons. The lowest BCUT2D eigenvalue weighted by atomic mass is 10.5. The van der Waals surface area contributed by atoms with E-state index < -0.39 is 4.92 Å². The molecule has 0 amide bonds. The highest BCUT2D eigenvalue weighted by atomic mass is 16.6. The third-order valence-corrected chi connectivity index (χ3v) is 1.35. The van der Waals surface area contributed by atoms with Crippen LogP contribution in [0.4, 0.5) is 11.5 Å². The lowest BCUT2D eigenvalue weighted by molar-refractivity contribution is -0.384. The molecule has 6 heteroatoms. The van der Waals surface area contributed by atoms with Crippen LogP contribution in [0, 0.1) is 10.1 Å². The smallest absolute Gasteiger partial charge is 0.330 e. The van der Waals surface area contributed by atoms with E-state index in [1.54, 1.807) is 7.05 Å². The van der Waals surface area contributed by atoms with E-state index in [-0.39, 0.29) is 5.69 Å². The standard InChI is InChI=1S/C6H10N4O2/c1-3-7-6-5(10(11)12)4-9(2)8-6/h4H,3H2,1-2H3,(H,7,8). The SMILES string of the molecule is CCNc1nn(C)cc1[N+](=O)[O-]. The average molecular weight is 170 g/mol. The highest BCUT2D eigenvalue weighted by Crippen LogP contribution is 2.20. The van der Waals surface area contributed by atoms with Gasteiger partial charge in [0.15, 0.2) is 0 Å². The normalized spacial score (nSPS) is 9.83. The van der Waals surface area contributed by atoms with E-state index in [4.69, 9.17) is 0 Å². The van der Waals surface area contributed by atoms with Gasteiger partial charge in [-0.15, -0.1) is 5.10 Å². The first-order valence-corrected chi connectivity index (χ1v) is 3.57. The van der Waals surface area contributed by atoms with E-state index >= 15 is 0 Å². The van der Waals surface area contributed by atoms with Crippen molar-refractivity contribution in [3.63, 3.8) is 0 Å². The van der Waals surface area contributed by atoms with E-state index in [0.717, 1.165) is 0 Å². The summed E-state index contributed by atoms with van der Waals surface area (Å²) in [4.78, 5) is 9.97. The van der Waals surface area contributed by atoms with Crippen molar-refractivity contribution in [2.75, 3.05) is 11.9 Å². The lowest BCUT2D eigenvalue weighted by Gasteiger charge is -1.94. The molecule has 66 valence electrons. The molecule has 0 spiro atoms. The van der Waals surface area contributed by atoms with Crippen molar-refractivity contribution in [3.8, 4) is 0 Å². The summed E-state index contributed by atoms with van der Waals surface area (Å²) in [5.41, 5.74) is 0.0133. The molecular formula is C6H10N4O2. The average Bonchev–Trinajstić information content (AvgIpc) is 2.32. The molecule has 0 saturated heterocycles. The predicted molar refractivity (Wildman–Crippen MR) is 44.0 cm³/mol. The first-order valence-electron chi connectivity index (χ1n) is 3.57. The Balaban J connectivity index is 2.99. The molecule has 1 heterocycles. The van der Waals surface area contributed by atoms with Gasteiger partial charge in [0.05, 0.1) is 4.92 Å². The maximum atomic E-state index is 10.4. The summed E-state index contributed by atoms with van der Waals surface area (Å²) in [7, 11) is 1.65. The third-order valence-electron chi connectivity index (χ3n) is 1.35. The Kier molecular flexibility index (Phi) is 2.27. The number of anilines is 1. The quantitative estimate of drug-likeness (QED) is 0.537. The fourth-order valence-electron chi connectivity index (χ4n) is 0.903. The van der Waals surface area contributed by atoms with Crippen LogP contribution < -0.4 is 5.32 Å². The number of nitrogens with zero attached hydrogens (tertiary/aromatic N) is 3. The highest BCUT2D eigenvalue weighted by Gasteiger charge is 2.16. The highest BCUT2D eigenvalue weighted by molar-refractivity contribution is 5.54. The van der Waals surface area contributed by atoms with E-state index in [9.17, 15) is 10.1 Å². The molecule has 12 heavy (non-hydrogen) atoms. The van der Waals surface area contributed by atoms with Gasteiger partial charge in [0.2, 0.25) is 5.82 Å². The van der Waals surface area contributed by atoms with Crippen molar-refractivity contribution >= 4 is 11.5 Å². The van der Waals surface area contributed by atoms with Gasteiger partial charge in [0, 0.05) is 13.6 Å². The molecule has 0 aliphatic heterocycles. The van der Waals surface area contributed by atoms with E-state index in [1.807, 2.05) is 6.92 Å². The Morgan fingerprint density at radius 2 is 2.50 bits per heavy atom. The summed E-state index contributed by atoms with van der Waals surface area (Å²) < 4.78 is 1.41. The van der Waals surface area contributed by atoms with Crippen LogP contribution in [0.5, 0.6) is 0 Å². The summed E-state index contributed by atoms with van der Waals surface area (Å²) in [6.07, 6.45) is 1.37. The number of aromatic nitrogens is 2. The number of aryl methyl sites for hydroxylation is 1. The van der Waals surface area contributed by atoms with Crippen molar-refractivity contribution in [2.45, 2.75) is 6.92 Å². The number of nitro groups is 1. The van der Waals surface area contributed by atoms with E-state index in [0.29, 0.717) is 12.4 Å². The largest absolute Gasteiger partial charge is 0.363 e. The van der Waals surface area contributed by atoms with Crippen LogP contribution in [0.15, 0.2) is 6.20 Å². The Morgan fingerprint density at radius 1 is 1.83 bits per heavy atom. The van der Waals surface area contributed by atoms with E-state index in [2.05, 4.69) is 10.4 Å². The van der Waals surface area contributed by atoms with Crippen LogP contribution in [0.1, 0.15) is 6.92 Å². The topological polar surface area (TPSA) is 73.0 Å². The van der Waals surface area contributed by atoms with Gasteiger partial charge in [0.25, 0.3) is 0 Å². The Labute approximate surface area is 69.3 Å². The molecule has 6 nitrogen and oxygen atoms in total. The molecule has 0 unspecified atom stereocenters. The first-order chi connectivity index (χ1) is 5.65. The van der Waals surface area contributed by atoms with Crippen LogP contribution >= 0.6 is 0 Å². The number of rotatable bonds is 3. The van der Waals surface area contributed by atoms with Crippen molar-refractivity contribution in [2.24, 2.45) is 7.05 Å². The fourth-order valence-corrected chi connectivity index (χ4v) is 0.903. The summed E-state index contributed by atoms with van der Waals surface area (Å²) in [6, 6.07) is 0. The minimum Gasteiger partial charge on any atom is -0.363 e. The van der Waals surface area contributed by atoms with Crippen molar-refractivity contribution < 1.29 is 4.92 Å². The predicted octanol–water partition coefficient (Wildman–Crippen LogP) is 0.760. The Morgan fingerprint density at radius 3 is 3.00 bits per heavy atom. The molecule has 1 aromatic rings. The second-order valence-electron chi connectivity index (χ2n) is 2.32. The monoisotopic (exact) mass is 170 g/mol. The number of nitrogens with one attached hydrogen (secondary N) is 1. The summed E-state index contributed by atoms with van der Waals surface area (Å²) in [6.45, 7) is 2.48. The maximum absolute atomic E-state index is 10.4. The van der Waals surface area contributed by atoms with Gasteiger partial charge < -0.3 is 5.32 Å². The molecule has 1 rings (SSSR count). The van der Waals surface area contributed by atoms with Gasteiger partial charge in [-0.2, -0.15) is 0 Å². The minimum atomic E-state index is -0.453. The lowest BCUT2D eigenvalue weighted by Crippen LogP contribution is -2.00. The van der Waals surface area contributed by atoms with Crippen molar-refractivity contribution in [1.82, 2.24) is 9.78 Å². The Bertz CT molecular complexity index is 294. The molecule has 1 aromatic heterocycles. The molecule has 0 aliphatic carbocycles. The Hall–Kier alpha value is -1.59. The zero-order chi connectivity index (χ0) is 9.14. The van der Waals surface area contributed by atoms with Gasteiger partial charge >= 0.3 is 5.69 Å². The van der Waals surface area contributed by atoms with Gasteiger partial charge in [-0.1, -0.05) is 0 Å². The van der Waals surface area contributed by atoms with Gasteiger partial charge in [-0.3, -0.25) is 14.8 Å². The van der Waals surface area contributed by atoms with Crippen LogP contribution in [-0.2, 0) is 7.05 Å². The molecule has 0 aromatic carbocycles. The minimum absolute atomic E-state index is 0.0133. The second-order valence-corrected chi connectivity index (χ2v) is 2.32. The van der Waals surface area contributed by atoms with E-state index in [1.165, 1.54) is 10.9 Å². The zero-order valence-corrected chi connectivity index (χ0v) is 6.94. The van der Waals surface area contributed by atoms with Gasteiger partial charge in [-0.25, -0.2) is 0 Å². The fraction of sp³-hybridized carbons (Fsp3) is 0.500. The first kappa shape index (κ1) is 8.51. The molecule has 0 saturated carbocycles. The summed E-state index contributed by atoms with van der Waals surface area (Å²) in [5.74, 6) is 0.324. The molecule has 0 bridgehead atoms. The number of hydrogen-bond donors (Lipinski definition) is 1.